The molecule has 0 spiro atoms. The van der Waals surface area contributed by atoms with Gasteiger partial charge in [-0.15, -0.1) is 0 Å². The van der Waals surface area contributed by atoms with Crippen molar-refractivity contribution < 1.29 is 19.4 Å². The lowest BCUT2D eigenvalue weighted by atomic mass is 9.98. The monoisotopic (exact) mass is 407 g/mol. The molecular weight excluding hydrogens is 382 g/mol. The summed E-state index contributed by atoms with van der Waals surface area (Å²) in [7, 11) is 1.60. The third-order valence-electron chi connectivity index (χ3n) is 5.12. The van der Waals surface area contributed by atoms with Gasteiger partial charge in [0.25, 0.3) is 0 Å². The Balaban J connectivity index is 1.55. The number of nitrogens with zero attached hydrogens (tertiary/aromatic N) is 2. The van der Waals surface area contributed by atoms with E-state index in [1.54, 1.807) is 13.3 Å². The first-order valence-corrected chi connectivity index (χ1v) is 9.96. The molecule has 7 heteroatoms. The summed E-state index contributed by atoms with van der Waals surface area (Å²) in [4.78, 5) is 17.7. The van der Waals surface area contributed by atoms with Gasteiger partial charge in [0.2, 0.25) is 11.8 Å². The summed E-state index contributed by atoms with van der Waals surface area (Å²) in [6, 6.07) is 15.8. The Bertz CT molecular complexity index is 1040. The highest BCUT2D eigenvalue weighted by Crippen LogP contribution is 2.36. The first-order valence-electron chi connectivity index (χ1n) is 9.96. The zero-order valence-electron chi connectivity index (χ0n) is 16.9. The number of pyridine rings is 1. The van der Waals surface area contributed by atoms with Crippen molar-refractivity contribution >= 4 is 16.7 Å². The number of aromatic nitrogens is 1. The Morgan fingerprint density at radius 2 is 2.07 bits per heavy atom. The molecule has 0 saturated carbocycles. The van der Waals surface area contributed by atoms with Crippen LogP contribution >= 0.6 is 0 Å². The summed E-state index contributed by atoms with van der Waals surface area (Å²) in [5, 5.41) is 15.3. The predicted octanol–water partition coefficient (Wildman–Crippen LogP) is 2.08. The van der Waals surface area contributed by atoms with E-state index in [1.807, 2.05) is 47.4 Å². The van der Waals surface area contributed by atoms with E-state index < -0.39 is 6.10 Å². The molecule has 1 unspecified atom stereocenters. The molecule has 1 saturated heterocycles. The second kappa shape index (κ2) is 9.11. The standard InChI is InChI=1S/C23H25N3O4/c1-29-23-20(7-4-8-25-23)21-12-18(11-16-5-2-3-6-19(16)21)30-15-17(27)13-26-10-9-24-22(28)14-26/h2-8,11-12,17,27H,9-10,13-15H2,1H3,(H,24,28). The van der Waals surface area contributed by atoms with Crippen molar-refractivity contribution in [2.24, 2.45) is 0 Å². The van der Waals surface area contributed by atoms with E-state index in [2.05, 4.69) is 16.4 Å². The molecule has 4 rings (SSSR count). The molecule has 1 atom stereocenters. The van der Waals surface area contributed by atoms with Crippen molar-refractivity contribution in [1.82, 2.24) is 15.2 Å². The molecule has 1 aliphatic heterocycles. The number of benzene rings is 2. The molecule has 1 amide bonds. The summed E-state index contributed by atoms with van der Waals surface area (Å²) < 4.78 is 11.4. The van der Waals surface area contributed by atoms with E-state index in [4.69, 9.17) is 9.47 Å². The van der Waals surface area contributed by atoms with Crippen LogP contribution in [0.1, 0.15) is 0 Å². The highest BCUT2D eigenvalue weighted by molar-refractivity contribution is 5.98. The molecule has 1 aliphatic rings. The lowest BCUT2D eigenvalue weighted by molar-refractivity contribution is -0.124. The molecule has 3 aromatic rings. The lowest BCUT2D eigenvalue weighted by Gasteiger charge is -2.28. The number of hydrogen-bond donors (Lipinski definition) is 2. The maximum atomic E-state index is 11.5. The number of rotatable bonds is 7. The van der Waals surface area contributed by atoms with Gasteiger partial charge in [0.05, 0.1) is 13.7 Å². The molecule has 2 aromatic carbocycles. The Morgan fingerprint density at radius 1 is 1.20 bits per heavy atom. The summed E-state index contributed by atoms with van der Waals surface area (Å²) in [5.74, 6) is 1.19. The number of β-amino-alcohol motifs (C(OH)–C–C–N with tert-alkyl or cyclic N) is 1. The number of carbonyl (C=O) groups is 1. The van der Waals surface area contributed by atoms with Crippen LogP contribution in [-0.2, 0) is 4.79 Å². The number of methoxy groups -OCH3 is 1. The Hall–Kier alpha value is -3.16. The van der Waals surface area contributed by atoms with Crippen LogP contribution in [0, 0.1) is 0 Å². The summed E-state index contributed by atoms with van der Waals surface area (Å²) in [6.07, 6.45) is 1.00. The second-order valence-corrected chi connectivity index (χ2v) is 7.30. The number of aliphatic hydroxyl groups is 1. The number of piperazine rings is 1. The maximum absolute atomic E-state index is 11.5. The average molecular weight is 407 g/mol. The molecule has 2 N–H and O–H groups in total. The summed E-state index contributed by atoms with van der Waals surface area (Å²) in [6.45, 7) is 2.17. The van der Waals surface area contributed by atoms with Crippen molar-refractivity contribution in [3.8, 4) is 22.8 Å². The Morgan fingerprint density at radius 3 is 2.90 bits per heavy atom. The fourth-order valence-corrected chi connectivity index (χ4v) is 3.74. The van der Waals surface area contributed by atoms with Crippen LogP contribution in [0.25, 0.3) is 21.9 Å². The minimum absolute atomic E-state index is 0.0149. The van der Waals surface area contributed by atoms with Crippen LogP contribution in [-0.4, -0.2) is 66.9 Å². The normalized spacial score (nSPS) is 15.6. The highest BCUT2D eigenvalue weighted by atomic mass is 16.5. The summed E-state index contributed by atoms with van der Waals surface area (Å²) >= 11 is 0. The number of aliphatic hydroxyl groups excluding tert-OH is 1. The molecule has 0 bridgehead atoms. The van der Waals surface area contributed by atoms with Gasteiger partial charge in [-0.25, -0.2) is 4.98 Å². The zero-order chi connectivity index (χ0) is 20.9. The SMILES string of the molecule is COc1ncccc1-c1cc(OCC(O)CN2CCNC(=O)C2)cc2ccccc12. The van der Waals surface area contributed by atoms with Gasteiger partial charge in [-0.2, -0.15) is 0 Å². The van der Waals surface area contributed by atoms with E-state index in [-0.39, 0.29) is 12.5 Å². The van der Waals surface area contributed by atoms with Gasteiger partial charge >= 0.3 is 0 Å². The van der Waals surface area contributed by atoms with Crippen molar-refractivity contribution in [3.05, 3.63) is 54.7 Å². The Kier molecular flexibility index (Phi) is 6.11. The van der Waals surface area contributed by atoms with Gasteiger partial charge < -0.3 is 19.9 Å². The average Bonchev–Trinajstić information content (AvgIpc) is 2.77. The van der Waals surface area contributed by atoms with Crippen molar-refractivity contribution in [2.45, 2.75) is 6.10 Å². The maximum Gasteiger partial charge on any atom is 0.234 e. The number of amides is 1. The van der Waals surface area contributed by atoms with Gasteiger partial charge in [0.1, 0.15) is 18.5 Å². The van der Waals surface area contributed by atoms with Crippen LogP contribution in [0.5, 0.6) is 11.6 Å². The highest BCUT2D eigenvalue weighted by Gasteiger charge is 2.19. The number of carbonyl (C=O) groups excluding carboxylic acids is 1. The molecule has 2 heterocycles. The first kappa shape index (κ1) is 20.1. The smallest absolute Gasteiger partial charge is 0.234 e. The van der Waals surface area contributed by atoms with Gasteiger partial charge in [-0.3, -0.25) is 9.69 Å². The van der Waals surface area contributed by atoms with Crippen molar-refractivity contribution in [3.63, 3.8) is 0 Å². The quantitative estimate of drug-likeness (QED) is 0.624. The molecule has 1 aromatic heterocycles. The van der Waals surface area contributed by atoms with Gasteiger partial charge in [0, 0.05) is 31.4 Å². The van der Waals surface area contributed by atoms with E-state index in [9.17, 15) is 9.90 Å². The third kappa shape index (κ3) is 4.53. The van der Waals surface area contributed by atoms with Gasteiger partial charge in [-0.05, 0) is 40.6 Å². The first-order chi connectivity index (χ1) is 14.6. The minimum Gasteiger partial charge on any atom is -0.491 e. The Labute approximate surface area is 175 Å². The fraction of sp³-hybridized carbons (Fsp3) is 0.304. The van der Waals surface area contributed by atoms with Crippen LogP contribution < -0.4 is 14.8 Å². The van der Waals surface area contributed by atoms with Gasteiger partial charge in [0.15, 0.2) is 0 Å². The molecule has 30 heavy (non-hydrogen) atoms. The topological polar surface area (TPSA) is 83.9 Å². The molecule has 1 fully saturated rings. The second-order valence-electron chi connectivity index (χ2n) is 7.30. The van der Waals surface area contributed by atoms with Crippen LogP contribution in [0.2, 0.25) is 0 Å². The van der Waals surface area contributed by atoms with Crippen LogP contribution in [0.4, 0.5) is 0 Å². The minimum atomic E-state index is -0.696. The van der Waals surface area contributed by atoms with E-state index in [0.717, 1.165) is 28.4 Å². The lowest BCUT2D eigenvalue weighted by Crippen LogP contribution is -2.50. The molecule has 0 radical (unpaired) electrons. The third-order valence-corrected chi connectivity index (χ3v) is 5.12. The van der Waals surface area contributed by atoms with Crippen LogP contribution in [0.3, 0.4) is 0 Å². The van der Waals surface area contributed by atoms with Crippen LogP contribution in [0.15, 0.2) is 54.7 Å². The number of nitrogens with one attached hydrogen (secondary N) is 1. The number of hydrogen-bond acceptors (Lipinski definition) is 6. The zero-order valence-corrected chi connectivity index (χ0v) is 16.9. The number of ether oxygens (including phenoxy) is 2. The number of fused-ring (bicyclic) bond motifs is 1. The molecular formula is C23H25N3O4. The van der Waals surface area contributed by atoms with E-state index in [0.29, 0.717) is 31.3 Å². The van der Waals surface area contributed by atoms with Crippen molar-refractivity contribution in [1.29, 1.82) is 0 Å². The fourth-order valence-electron chi connectivity index (χ4n) is 3.74. The van der Waals surface area contributed by atoms with Crippen molar-refractivity contribution in [2.75, 3.05) is 39.9 Å². The van der Waals surface area contributed by atoms with E-state index >= 15 is 0 Å². The van der Waals surface area contributed by atoms with Gasteiger partial charge in [-0.1, -0.05) is 24.3 Å². The molecule has 156 valence electrons. The summed E-state index contributed by atoms with van der Waals surface area (Å²) in [5.41, 5.74) is 1.83. The largest absolute Gasteiger partial charge is 0.491 e. The predicted molar refractivity (Wildman–Crippen MR) is 115 cm³/mol. The molecule has 7 nitrogen and oxygen atoms in total. The molecule has 0 aliphatic carbocycles. The van der Waals surface area contributed by atoms with E-state index in [1.165, 1.54) is 0 Å².